The van der Waals surface area contributed by atoms with E-state index in [2.05, 4.69) is 35.9 Å². The van der Waals surface area contributed by atoms with Gasteiger partial charge in [-0.3, -0.25) is 4.90 Å². The molecule has 0 aromatic carbocycles. The third-order valence-electron chi connectivity index (χ3n) is 4.09. The Morgan fingerprint density at radius 1 is 1.40 bits per heavy atom. The average Bonchev–Trinajstić information content (AvgIpc) is 3.19. The molecule has 1 atom stereocenters. The topological polar surface area (TPSA) is 28.2 Å². The smallest absolute Gasteiger partial charge is 0.111 e. The Bertz CT molecular complexity index is 442. The predicted octanol–water partition coefficient (Wildman–Crippen LogP) is 3.07. The highest BCUT2D eigenvalue weighted by atomic mass is 32.2. The third-order valence-corrected chi connectivity index (χ3v) is 6.31. The van der Waals surface area contributed by atoms with Crippen LogP contribution >= 0.6 is 23.1 Å². The molecule has 0 amide bonds. The zero-order valence-electron chi connectivity index (χ0n) is 12.5. The van der Waals surface area contributed by atoms with Crippen LogP contribution in [0.4, 0.5) is 0 Å². The number of rotatable bonds is 6. The second-order valence-corrected chi connectivity index (χ2v) is 8.16. The van der Waals surface area contributed by atoms with Gasteiger partial charge in [-0.25, -0.2) is 4.98 Å². The van der Waals surface area contributed by atoms with Crippen molar-refractivity contribution in [1.29, 1.82) is 0 Å². The summed E-state index contributed by atoms with van der Waals surface area (Å²) < 4.78 is 0. The number of aromatic nitrogens is 1. The van der Waals surface area contributed by atoms with Gasteiger partial charge in [0.2, 0.25) is 0 Å². The fourth-order valence-electron chi connectivity index (χ4n) is 2.59. The van der Waals surface area contributed by atoms with E-state index < -0.39 is 0 Å². The van der Waals surface area contributed by atoms with Crippen molar-refractivity contribution in [3.05, 3.63) is 15.6 Å². The first kappa shape index (κ1) is 14.8. The highest BCUT2D eigenvalue weighted by Crippen LogP contribution is 2.33. The number of aryl methyl sites for hydroxylation is 1. The Balaban J connectivity index is 1.73. The molecule has 2 aliphatic rings. The quantitative estimate of drug-likeness (QED) is 0.874. The average molecular weight is 312 g/mol. The molecule has 1 unspecified atom stereocenters. The number of thioether (sulfide) groups is 1. The van der Waals surface area contributed by atoms with Crippen LogP contribution in [0.15, 0.2) is 0 Å². The lowest BCUT2D eigenvalue weighted by Crippen LogP contribution is -2.32. The summed E-state index contributed by atoms with van der Waals surface area (Å²) >= 11 is 4.02. The van der Waals surface area contributed by atoms with Crippen molar-refractivity contribution in [2.24, 2.45) is 0 Å². The summed E-state index contributed by atoms with van der Waals surface area (Å²) in [5.41, 5.74) is 1.35. The first-order chi connectivity index (χ1) is 9.78. The van der Waals surface area contributed by atoms with E-state index in [-0.39, 0.29) is 0 Å². The normalized spacial score (nSPS) is 24.2. The van der Waals surface area contributed by atoms with Crippen molar-refractivity contribution in [3.8, 4) is 0 Å². The zero-order chi connectivity index (χ0) is 13.9. The van der Waals surface area contributed by atoms with Crippen molar-refractivity contribution in [2.45, 2.75) is 51.2 Å². The van der Waals surface area contributed by atoms with Gasteiger partial charge in [0.05, 0.1) is 11.7 Å². The van der Waals surface area contributed by atoms with E-state index in [0.717, 1.165) is 19.0 Å². The lowest BCUT2D eigenvalue weighted by molar-refractivity contribution is 0.274. The summed E-state index contributed by atoms with van der Waals surface area (Å²) in [5, 5.41) is 4.99. The molecule has 0 radical (unpaired) electrons. The largest absolute Gasteiger partial charge is 0.309 e. The van der Waals surface area contributed by atoms with Crippen LogP contribution in [0.1, 0.15) is 47.8 Å². The number of nitrogens with one attached hydrogen (secondary N) is 1. The van der Waals surface area contributed by atoms with Gasteiger partial charge in [0.25, 0.3) is 0 Å². The van der Waals surface area contributed by atoms with E-state index in [1.807, 2.05) is 11.3 Å². The summed E-state index contributed by atoms with van der Waals surface area (Å²) in [6.07, 6.45) is 5.03. The van der Waals surface area contributed by atoms with Crippen molar-refractivity contribution in [1.82, 2.24) is 15.2 Å². The zero-order valence-corrected chi connectivity index (χ0v) is 14.2. The molecule has 20 heavy (non-hydrogen) atoms. The van der Waals surface area contributed by atoms with E-state index in [1.54, 1.807) is 0 Å². The van der Waals surface area contributed by atoms with Crippen LogP contribution in [0.3, 0.4) is 0 Å². The Morgan fingerprint density at radius 3 is 2.95 bits per heavy atom. The minimum atomic E-state index is 0.532. The molecule has 5 heteroatoms. The molecule has 1 aliphatic heterocycles. The van der Waals surface area contributed by atoms with E-state index >= 15 is 0 Å². The molecule has 1 saturated heterocycles. The monoisotopic (exact) mass is 311 g/mol. The third kappa shape index (κ3) is 3.56. The van der Waals surface area contributed by atoms with E-state index in [4.69, 9.17) is 4.98 Å². The molecule has 1 saturated carbocycles. The Labute approximate surface area is 130 Å². The van der Waals surface area contributed by atoms with Crippen LogP contribution in [-0.2, 0) is 13.0 Å². The maximum atomic E-state index is 5.00. The maximum Gasteiger partial charge on any atom is 0.111 e. The van der Waals surface area contributed by atoms with Crippen molar-refractivity contribution < 1.29 is 0 Å². The maximum absolute atomic E-state index is 5.00. The second-order valence-electron chi connectivity index (χ2n) is 5.90. The number of hydrogen-bond acceptors (Lipinski definition) is 5. The van der Waals surface area contributed by atoms with Gasteiger partial charge in [-0.1, -0.05) is 13.3 Å². The van der Waals surface area contributed by atoms with Gasteiger partial charge < -0.3 is 5.32 Å². The fraction of sp³-hybridized carbons (Fsp3) is 0.800. The van der Waals surface area contributed by atoms with Gasteiger partial charge in [-0.2, -0.15) is 11.8 Å². The summed E-state index contributed by atoms with van der Waals surface area (Å²) in [5.74, 6) is 2.46. The lowest BCUT2D eigenvalue weighted by Gasteiger charge is -2.30. The van der Waals surface area contributed by atoms with Gasteiger partial charge in [0.15, 0.2) is 0 Å². The molecule has 1 aromatic heterocycles. The SMILES string of the molecule is CCCc1nc(C2CSCCN2C)sc1CNC1CC1. The first-order valence-corrected chi connectivity index (χ1v) is 9.75. The minimum Gasteiger partial charge on any atom is -0.309 e. The van der Waals surface area contributed by atoms with Crippen LogP contribution in [0, 0.1) is 0 Å². The Kier molecular flexibility index (Phi) is 5.02. The molecule has 0 bridgehead atoms. The van der Waals surface area contributed by atoms with Gasteiger partial charge in [0, 0.05) is 35.5 Å². The Morgan fingerprint density at radius 2 is 2.25 bits per heavy atom. The fourth-order valence-corrected chi connectivity index (χ4v) is 5.14. The van der Waals surface area contributed by atoms with Gasteiger partial charge in [-0.05, 0) is 26.3 Å². The lowest BCUT2D eigenvalue weighted by atomic mass is 10.2. The van der Waals surface area contributed by atoms with Crippen LogP contribution in [-0.4, -0.2) is 41.0 Å². The van der Waals surface area contributed by atoms with Crippen molar-refractivity contribution in [3.63, 3.8) is 0 Å². The van der Waals surface area contributed by atoms with Crippen LogP contribution in [0.5, 0.6) is 0 Å². The van der Waals surface area contributed by atoms with Crippen molar-refractivity contribution >= 4 is 23.1 Å². The molecule has 0 spiro atoms. The van der Waals surface area contributed by atoms with E-state index in [9.17, 15) is 0 Å². The summed E-state index contributed by atoms with van der Waals surface area (Å²) in [4.78, 5) is 8.96. The molecule has 3 nitrogen and oxygen atoms in total. The molecule has 2 heterocycles. The minimum absolute atomic E-state index is 0.532. The van der Waals surface area contributed by atoms with Crippen molar-refractivity contribution in [2.75, 3.05) is 25.1 Å². The second kappa shape index (κ2) is 6.77. The predicted molar refractivity (Wildman–Crippen MR) is 88.7 cm³/mol. The van der Waals surface area contributed by atoms with Crippen LogP contribution in [0.2, 0.25) is 0 Å². The molecule has 2 fully saturated rings. The Hall–Kier alpha value is -0.100. The molecular formula is C15H25N3S2. The summed E-state index contributed by atoms with van der Waals surface area (Å²) in [6.45, 7) is 4.47. The van der Waals surface area contributed by atoms with Crippen LogP contribution in [0.25, 0.3) is 0 Å². The molecule has 3 rings (SSSR count). The molecule has 1 aliphatic carbocycles. The van der Waals surface area contributed by atoms with Gasteiger partial charge in [-0.15, -0.1) is 11.3 Å². The van der Waals surface area contributed by atoms with E-state index in [1.165, 1.54) is 52.9 Å². The summed E-state index contributed by atoms with van der Waals surface area (Å²) in [7, 11) is 2.24. The van der Waals surface area contributed by atoms with Gasteiger partial charge >= 0.3 is 0 Å². The summed E-state index contributed by atoms with van der Waals surface area (Å²) in [6, 6.07) is 1.31. The standard InChI is InChI=1S/C15H25N3S2/c1-3-4-12-14(9-16-11-5-6-11)20-15(17-12)13-10-19-8-7-18(13)2/h11,13,16H,3-10H2,1-2H3. The number of nitrogens with zero attached hydrogens (tertiary/aromatic N) is 2. The first-order valence-electron chi connectivity index (χ1n) is 7.77. The molecular weight excluding hydrogens is 286 g/mol. The van der Waals surface area contributed by atoms with Crippen LogP contribution < -0.4 is 5.32 Å². The van der Waals surface area contributed by atoms with E-state index in [0.29, 0.717) is 6.04 Å². The highest BCUT2D eigenvalue weighted by molar-refractivity contribution is 7.99. The number of thiazole rings is 1. The number of hydrogen-bond donors (Lipinski definition) is 1. The molecule has 112 valence electrons. The van der Waals surface area contributed by atoms with Gasteiger partial charge in [0.1, 0.15) is 5.01 Å². The highest BCUT2D eigenvalue weighted by Gasteiger charge is 2.26. The molecule has 1 N–H and O–H groups in total. The molecule has 1 aromatic rings.